The second-order valence-electron chi connectivity index (χ2n) is 5.15. The van der Waals surface area contributed by atoms with Crippen LogP contribution in [0.15, 0.2) is 6.33 Å². The predicted molar refractivity (Wildman–Crippen MR) is 69.5 cm³/mol. The summed E-state index contributed by atoms with van der Waals surface area (Å²) in [6, 6.07) is 0.307. The van der Waals surface area contributed by atoms with Crippen molar-refractivity contribution in [2.24, 2.45) is 13.0 Å². The van der Waals surface area contributed by atoms with E-state index in [4.69, 9.17) is 0 Å². The second kappa shape index (κ2) is 5.37. The van der Waals surface area contributed by atoms with Crippen molar-refractivity contribution < 1.29 is 4.92 Å². The molecule has 0 spiro atoms. The first-order valence-electron chi connectivity index (χ1n) is 6.52. The molecule has 100 valence electrons. The van der Waals surface area contributed by atoms with Crippen molar-refractivity contribution in [3.05, 3.63) is 16.4 Å². The molecule has 1 fully saturated rings. The van der Waals surface area contributed by atoms with E-state index in [0.29, 0.717) is 17.8 Å². The van der Waals surface area contributed by atoms with Gasteiger partial charge in [-0.05, 0) is 28.7 Å². The first kappa shape index (κ1) is 12.9. The Labute approximate surface area is 107 Å². The molecule has 1 heterocycles. The molecule has 1 aromatic rings. The molecule has 1 aliphatic carbocycles. The number of hydrogen-bond donors (Lipinski definition) is 1. The summed E-state index contributed by atoms with van der Waals surface area (Å²) < 4.78 is 1.69. The average Bonchev–Trinajstić information content (AvgIpc) is 2.55. The van der Waals surface area contributed by atoms with Crippen LogP contribution in [0.4, 0.5) is 11.6 Å². The van der Waals surface area contributed by atoms with Crippen LogP contribution in [0.3, 0.4) is 0 Å². The molecule has 1 saturated carbocycles. The van der Waals surface area contributed by atoms with Crippen LogP contribution < -0.4 is 5.32 Å². The van der Waals surface area contributed by atoms with E-state index < -0.39 is 4.92 Å². The summed E-state index contributed by atoms with van der Waals surface area (Å²) >= 11 is 0. The summed E-state index contributed by atoms with van der Waals surface area (Å²) in [7, 11) is 1.78. The molecular weight excluding hydrogens is 232 g/mol. The van der Waals surface area contributed by atoms with E-state index in [-0.39, 0.29) is 5.82 Å². The van der Waals surface area contributed by atoms with Crippen LogP contribution in [-0.2, 0) is 7.05 Å². The number of imidazole rings is 1. The van der Waals surface area contributed by atoms with Gasteiger partial charge in [-0.15, -0.1) is 0 Å². The fourth-order valence-electron chi connectivity index (χ4n) is 2.60. The highest BCUT2D eigenvalue weighted by atomic mass is 16.6. The molecule has 0 aromatic carbocycles. The molecule has 0 aliphatic heterocycles. The smallest absolute Gasteiger partial charge is 0.361 e. The van der Waals surface area contributed by atoms with Crippen LogP contribution in [-0.4, -0.2) is 20.5 Å². The maximum atomic E-state index is 10.9. The first-order chi connectivity index (χ1) is 8.59. The topological polar surface area (TPSA) is 73.0 Å². The molecule has 0 bridgehead atoms. The van der Waals surface area contributed by atoms with Crippen molar-refractivity contribution in [1.82, 2.24) is 9.55 Å². The third-order valence-corrected chi connectivity index (χ3v) is 3.77. The minimum atomic E-state index is -0.427. The first-order valence-corrected chi connectivity index (χ1v) is 6.52. The number of rotatable bonds is 3. The lowest BCUT2D eigenvalue weighted by atomic mass is 9.97. The number of anilines is 1. The molecule has 6 heteroatoms. The van der Waals surface area contributed by atoms with Crippen molar-refractivity contribution >= 4 is 11.6 Å². The molecule has 6 nitrogen and oxygen atoms in total. The molecule has 0 amide bonds. The van der Waals surface area contributed by atoms with Crippen molar-refractivity contribution in [1.29, 1.82) is 0 Å². The summed E-state index contributed by atoms with van der Waals surface area (Å²) in [6.07, 6.45) is 7.45. The van der Waals surface area contributed by atoms with Gasteiger partial charge in [-0.1, -0.05) is 26.2 Å². The second-order valence-corrected chi connectivity index (χ2v) is 5.15. The zero-order valence-electron chi connectivity index (χ0n) is 10.9. The Bertz CT molecular complexity index is 430. The normalized spacial score (nSPS) is 24.6. The SMILES string of the molecule is CC1CCCCCC1Nc1c([N+](=O)[O-])ncn1C. The van der Waals surface area contributed by atoms with Crippen molar-refractivity contribution in [3.63, 3.8) is 0 Å². The molecular formula is C12H20N4O2. The van der Waals surface area contributed by atoms with Crippen LogP contribution in [0.2, 0.25) is 0 Å². The number of nitrogens with zero attached hydrogens (tertiary/aromatic N) is 3. The molecule has 2 rings (SSSR count). The predicted octanol–water partition coefficient (Wildman–Crippen LogP) is 2.71. The van der Waals surface area contributed by atoms with Gasteiger partial charge in [0, 0.05) is 13.1 Å². The molecule has 0 radical (unpaired) electrons. The monoisotopic (exact) mass is 252 g/mol. The molecule has 1 aliphatic rings. The van der Waals surface area contributed by atoms with E-state index >= 15 is 0 Å². The molecule has 1 N–H and O–H groups in total. The summed E-state index contributed by atoms with van der Waals surface area (Å²) in [5.74, 6) is 0.995. The van der Waals surface area contributed by atoms with Crippen LogP contribution in [0.25, 0.3) is 0 Å². The lowest BCUT2D eigenvalue weighted by molar-refractivity contribution is -0.388. The van der Waals surface area contributed by atoms with E-state index in [9.17, 15) is 10.1 Å². The van der Waals surface area contributed by atoms with Crippen molar-refractivity contribution in [2.75, 3.05) is 5.32 Å². The van der Waals surface area contributed by atoms with Gasteiger partial charge < -0.3 is 15.4 Å². The van der Waals surface area contributed by atoms with Crippen molar-refractivity contribution in [3.8, 4) is 0 Å². The molecule has 2 unspecified atom stereocenters. The highest BCUT2D eigenvalue weighted by Crippen LogP contribution is 2.29. The Hall–Kier alpha value is -1.59. The Morgan fingerprint density at radius 1 is 1.44 bits per heavy atom. The van der Waals surface area contributed by atoms with Crippen LogP contribution >= 0.6 is 0 Å². The zero-order chi connectivity index (χ0) is 13.1. The maximum Gasteiger partial charge on any atom is 0.406 e. The van der Waals surface area contributed by atoms with Gasteiger partial charge in [-0.25, -0.2) is 0 Å². The number of nitro groups is 1. The van der Waals surface area contributed by atoms with E-state index in [2.05, 4.69) is 17.2 Å². The largest absolute Gasteiger partial charge is 0.406 e. The maximum absolute atomic E-state index is 10.9. The van der Waals surface area contributed by atoms with E-state index in [1.165, 1.54) is 32.0 Å². The van der Waals surface area contributed by atoms with E-state index in [1.54, 1.807) is 11.6 Å². The fourth-order valence-corrected chi connectivity index (χ4v) is 2.60. The third kappa shape index (κ3) is 2.63. The fraction of sp³-hybridized carbons (Fsp3) is 0.750. The molecule has 18 heavy (non-hydrogen) atoms. The van der Waals surface area contributed by atoms with Crippen LogP contribution in [0.1, 0.15) is 39.0 Å². The summed E-state index contributed by atoms with van der Waals surface area (Å²) in [5, 5.41) is 14.2. The van der Waals surface area contributed by atoms with Gasteiger partial charge in [0.05, 0.1) is 0 Å². The van der Waals surface area contributed by atoms with Crippen LogP contribution in [0.5, 0.6) is 0 Å². The lowest BCUT2D eigenvalue weighted by Gasteiger charge is -2.23. The van der Waals surface area contributed by atoms with Gasteiger partial charge in [0.15, 0.2) is 0 Å². The number of hydrogen-bond acceptors (Lipinski definition) is 4. The van der Waals surface area contributed by atoms with Gasteiger partial charge >= 0.3 is 5.82 Å². The third-order valence-electron chi connectivity index (χ3n) is 3.77. The number of aromatic nitrogens is 2. The number of aryl methyl sites for hydroxylation is 1. The minimum Gasteiger partial charge on any atom is -0.361 e. The number of nitrogens with one attached hydrogen (secondary N) is 1. The Morgan fingerprint density at radius 2 is 2.17 bits per heavy atom. The van der Waals surface area contributed by atoms with Gasteiger partial charge in [0.25, 0.3) is 0 Å². The van der Waals surface area contributed by atoms with Crippen molar-refractivity contribution in [2.45, 2.75) is 45.1 Å². The molecule has 2 atom stereocenters. The van der Waals surface area contributed by atoms with Gasteiger partial charge in [0.1, 0.15) is 0 Å². The highest BCUT2D eigenvalue weighted by Gasteiger charge is 2.26. The van der Waals surface area contributed by atoms with Gasteiger partial charge in [0.2, 0.25) is 12.1 Å². The van der Waals surface area contributed by atoms with Gasteiger partial charge in [-0.2, -0.15) is 0 Å². The zero-order valence-corrected chi connectivity index (χ0v) is 10.9. The Morgan fingerprint density at radius 3 is 2.89 bits per heavy atom. The summed E-state index contributed by atoms with van der Waals surface area (Å²) in [5.41, 5.74) is 0. The highest BCUT2D eigenvalue weighted by molar-refractivity contribution is 5.52. The van der Waals surface area contributed by atoms with Gasteiger partial charge in [-0.3, -0.25) is 4.57 Å². The summed E-state index contributed by atoms with van der Waals surface area (Å²) in [6.45, 7) is 2.21. The summed E-state index contributed by atoms with van der Waals surface area (Å²) in [4.78, 5) is 14.3. The minimum absolute atomic E-state index is 0.0750. The quantitative estimate of drug-likeness (QED) is 0.510. The molecule has 0 saturated heterocycles. The van der Waals surface area contributed by atoms with Crippen LogP contribution in [0, 0.1) is 16.0 Å². The Kier molecular flexibility index (Phi) is 3.84. The molecule has 1 aromatic heterocycles. The standard InChI is InChI=1S/C12H20N4O2/c1-9-6-4-3-5-7-10(9)14-12-11(16(17)18)13-8-15(12)2/h8-10,14H,3-7H2,1-2H3. The Balaban J connectivity index is 2.17. The van der Waals surface area contributed by atoms with E-state index in [0.717, 1.165) is 6.42 Å². The van der Waals surface area contributed by atoms with E-state index in [1.807, 2.05) is 0 Å². The lowest BCUT2D eigenvalue weighted by Crippen LogP contribution is -2.27. The average molecular weight is 252 g/mol.